The van der Waals surface area contributed by atoms with Crippen LogP contribution in [0.4, 0.5) is 0 Å². The molecule has 1 amide bonds. The molecule has 1 saturated carbocycles. The molecule has 1 aromatic rings. The van der Waals surface area contributed by atoms with E-state index in [1.165, 1.54) is 6.42 Å². The largest absolute Gasteiger partial charge is 0.494 e. The third-order valence-electron chi connectivity index (χ3n) is 4.31. The first-order valence-electron chi connectivity index (χ1n) is 8.89. The smallest absolute Gasteiger partial charge is 0.344 e. The van der Waals surface area contributed by atoms with Crippen LogP contribution in [0.25, 0.3) is 0 Å². The quantitative estimate of drug-likeness (QED) is 0.731. The Balaban J connectivity index is 1.65. The minimum absolute atomic E-state index is 0.181. The van der Waals surface area contributed by atoms with E-state index in [1.54, 1.807) is 24.3 Å². The van der Waals surface area contributed by atoms with E-state index in [2.05, 4.69) is 12.2 Å². The van der Waals surface area contributed by atoms with Crippen molar-refractivity contribution in [2.75, 3.05) is 19.8 Å². The van der Waals surface area contributed by atoms with E-state index in [1.807, 2.05) is 6.92 Å². The van der Waals surface area contributed by atoms with Gasteiger partial charge in [0.2, 0.25) is 0 Å². The Morgan fingerprint density at radius 3 is 2.32 bits per heavy atom. The molecular formula is C19H27NO5. The van der Waals surface area contributed by atoms with Gasteiger partial charge in [-0.15, -0.1) is 0 Å². The second-order valence-electron chi connectivity index (χ2n) is 6.29. The molecule has 138 valence electrons. The summed E-state index contributed by atoms with van der Waals surface area (Å²) in [4.78, 5) is 23.6. The number of carbonyl (C=O) groups excluding carboxylic acids is 2. The Bertz CT molecular complexity index is 557. The molecule has 0 heterocycles. The van der Waals surface area contributed by atoms with Crippen molar-refractivity contribution in [3.05, 3.63) is 24.3 Å². The predicted molar refractivity (Wildman–Crippen MR) is 93.6 cm³/mol. The van der Waals surface area contributed by atoms with E-state index in [0.717, 1.165) is 25.0 Å². The highest BCUT2D eigenvalue weighted by molar-refractivity contribution is 5.81. The van der Waals surface area contributed by atoms with Crippen LogP contribution in [-0.2, 0) is 14.3 Å². The van der Waals surface area contributed by atoms with Crippen LogP contribution in [0.5, 0.6) is 11.5 Å². The van der Waals surface area contributed by atoms with Crippen LogP contribution in [-0.4, -0.2) is 37.7 Å². The lowest BCUT2D eigenvalue weighted by molar-refractivity contribution is -0.150. The molecule has 25 heavy (non-hydrogen) atoms. The van der Waals surface area contributed by atoms with Gasteiger partial charge in [0.05, 0.1) is 6.61 Å². The van der Waals surface area contributed by atoms with Crippen LogP contribution in [0.1, 0.15) is 39.5 Å². The Hall–Kier alpha value is -2.24. The third kappa shape index (κ3) is 6.64. The second kappa shape index (κ2) is 9.91. The maximum absolute atomic E-state index is 11.9. The lowest BCUT2D eigenvalue weighted by Gasteiger charge is -2.29. The molecule has 6 nitrogen and oxygen atoms in total. The van der Waals surface area contributed by atoms with Gasteiger partial charge in [-0.1, -0.05) is 19.8 Å². The van der Waals surface area contributed by atoms with Gasteiger partial charge in [-0.3, -0.25) is 4.79 Å². The summed E-state index contributed by atoms with van der Waals surface area (Å²) < 4.78 is 15.6. The third-order valence-corrected chi connectivity index (χ3v) is 4.31. The van der Waals surface area contributed by atoms with Gasteiger partial charge in [0, 0.05) is 6.04 Å². The average Bonchev–Trinajstić information content (AvgIpc) is 2.61. The lowest BCUT2D eigenvalue weighted by Crippen LogP contribution is -2.43. The first-order chi connectivity index (χ1) is 12.1. The summed E-state index contributed by atoms with van der Waals surface area (Å²) in [6.07, 6.45) is 4.46. The number of hydrogen-bond donors (Lipinski definition) is 1. The van der Waals surface area contributed by atoms with Crippen molar-refractivity contribution >= 4 is 11.9 Å². The number of benzene rings is 1. The number of nitrogens with one attached hydrogen (secondary N) is 1. The molecule has 6 heteroatoms. The Labute approximate surface area is 148 Å². The van der Waals surface area contributed by atoms with Crippen molar-refractivity contribution in [3.8, 4) is 11.5 Å². The molecule has 2 rings (SSSR count). The molecule has 0 radical (unpaired) electrons. The summed E-state index contributed by atoms with van der Waals surface area (Å²) >= 11 is 0. The van der Waals surface area contributed by atoms with Crippen LogP contribution in [0, 0.1) is 5.92 Å². The van der Waals surface area contributed by atoms with Crippen LogP contribution in [0.3, 0.4) is 0 Å². The number of rotatable bonds is 8. The van der Waals surface area contributed by atoms with E-state index in [4.69, 9.17) is 14.2 Å². The van der Waals surface area contributed by atoms with E-state index in [9.17, 15) is 9.59 Å². The fourth-order valence-electron chi connectivity index (χ4n) is 2.91. The summed E-state index contributed by atoms with van der Waals surface area (Å²) in [5, 5.41) is 2.95. The van der Waals surface area contributed by atoms with Crippen LogP contribution < -0.4 is 14.8 Å². The molecule has 2 atom stereocenters. The highest BCUT2D eigenvalue weighted by Gasteiger charge is 2.23. The molecule has 1 fully saturated rings. The highest BCUT2D eigenvalue weighted by Crippen LogP contribution is 2.23. The van der Waals surface area contributed by atoms with Crippen molar-refractivity contribution in [2.24, 2.45) is 5.92 Å². The standard InChI is InChI=1S/C19H27NO5/c1-3-23-15-8-10-16(11-9-15)24-13-19(22)25-12-18(21)20-17-7-5-4-6-14(17)2/h8-11,14,17H,3-7,12-13H2,1-2H3,(H,20,21)/t14-,17-/m0/s1. The molecule has 1 aliphatic carbocycles. The van der Waals surface area contributed by atoms with E-state index in [-0.39, 0.29) is 25.2 Å². The molecule has 1 N–H and O–H groups in total. The number of ether oxygens (including phenoxy) is 3. The van der Waals surface area contributed by atoms with E-state index < -0.39 is 5.97 Å². The molecule has 1 aromatic carbocycles. The number of carbonyl (C=O) groups is 2. The minimum atomic E-state index is -0.569. The molecule has 0 unspecified atom stereocenters. The van der Waals surface area contributed by atoms with Gasteiger partial charge in [-0.05, 0) is 49.9 Å². The van der Waals surface area contributed by atoms with Crippen molar-refractivity contribution in [1.82, 2.24) is 5.32 Å². The average molecular weight is 349 g/mol. The second-order valence-corrected chi connectivity index (χ2v) is 6.29. The number of amides is 1. The fourth-order valence-corrected chi connectivity index (χ4v) is 2.91. The summed E-state index contributed by atoms with van der Waals surface area (Å²) in [5.41, 5.74) is 0. The molecule has 0 aromatic heterocycles. The van der Waals surface area contributed by atoms with Gasteiger partial charge in [0.1, 0.15) is 11.5 Å². The van der Waals surface area contributed by atoms with Gasteiger partial charge >= 0.3 is 5.97 Å². The highest BCUT2D eigenvalue weighted by atomic mass is 16.6. The fraction of sp³-hybridized carbons (Fsp3) is 0.579. The summed E-state index contributed by atoms with van der Waals surface area (Å²) in [5.74, 6) is 0.928. The van der Waals surface area contributed by atoms with Crippen molar-refractivity contribution in [2.45, 2.75) is 45.6 Å². The minimum Gasteiger partial charge on any atom is -0.494 e. The summed E-state index contributed by atoms with van der Waals surface area (Å²) in [6, 6.07) is 7.15. The monoisotopic (exact) mass is 349 g/mol. The van der Waals surface area contributed by atoms with E-state index in [0.29, 0.717) is 18.3 Å². The van der Waals surface area contributed by atoms with Crippen LogP contribution >= 0.6 is 0 Å². The van der Waals surface area contributed by atoms with Gasteiger partial charge in [0.25, 0.3) is 5.91 Å². The molecule has 0 saturated heterocycles. The molecule has 0 bridgehead atoms. The van der Waals surface area contributed by atoms with Gasteiger partial charge in [0.15, 0.2) is 13.2 Å². The maximum Gasteiger partial charge on any atom is 0.344 e. The van der Waals surface area contributed by atoms with Gasteiger partial charge < -0.3 is 19.5 Å². The van der Waals surface area contributed by atoms with Crippen molar-refractivity contribution in [3.63, 3.8) is 0 Å². The van der Waals surface area contributed by atoms with Crippen LogP contribution in [0.2, 0.25) is 0 Å². The molecular weight excluding hydrogens is 322 g/mol. The van der Waals surface area contributed by atoms with Gasteiger partial charge in [-0.2, -0.15) is 0 Å². The zero-order valence-electron chi connectivity index (χ0n) is 15.0. The molecule has 0 spiro atoms. The summed E-state index contributed by atoms with van der Waals surface area (Å²) in [7, 11) is 0. The zero-order chi connectivity index (χ0) is 18.1. The first kappa shape index (κ1) is 19.1. The number of hydrogen-bond acceptors (Lipinski definition) is 5. The molecule has 0 aliphatic heterocycles. The summed E-state index contributed by atoms with van der Waals surface area (Å²) in [6.45, 7) is 4.14. The van der Waals surface area contributed by atoms with Crippen molar-refractivity contribution in [1.29, 1.82) is 0 Å². The zero-order valence-corrected chi connectivity index (χ0v) is 15.0. The number of esters is 1. The van der Waals surface area contributed by atoms with Gasteiger partial charge in [-0.25, -0.2) is 4.79 Å². The Morgan fingerprint density at radius 1 is 1.04 bits per heavy atom. The topological polar surface area (TPSA) is 73.9 Å². The maximum atomic E-state index is 11.9. The first-order valence-corrected chi connectivity index (χ1v) is 8.89. The normalized spacial score (nSPS) is 19.8. The Kier molecular flexibility index (Phi) is 7.57. The molecule has 1 aliphatic rings. The predicted octanol–water partition coefficient (Wildman–Crippen LogP) is 2.70. The van der Waals surface area contributed by atoms with Crippen molar-refractivity contribution < 1.29 is 23.8 Å². The lowest BCUT2D eigenvalue weighted by atomic mass is 9.86. The van der Waals surface area contributed by atoms with E-state index >= 15 is 0 Å². The Morgan fingerprint density at radius 2 is 1.68 bits per heavy atom. The van der Waals surface area contributed by atoms with Crippen LogP contribution in [0.15, 0.2) is 24.3 Å². The SMILES string of the molecule is CCOc1ccc(OCC(=O)OCC(=O)N[C@H]2CCCC[C@@H]2C)cc1.